The third-order valence-electron chi connectivity index (χ3n) is 4.02. The number of aryl methyl sites for hydroxylation is 3. The number of hydrogen-bond acceptors (Lipinski definition) is 1. The summed E-state index contributed by atoms with van der Waals surface area (Å²) in [6.45, 7) is 4.28. The van der Waals surface area contributed by atoms with E-state index in [1.54, 1.807) is 0 Å². The third-order valence-corrected chi connectivity index (χ3v) is 4.02. The molecular formula is C17H19N. The summed E-state index contributed by atoms with van der Waals surface area (Å²) < 4.78 is 0. The summed E-state index contributed by atoms with van der Waals surface area (Å²) in [5.74, 6) is 0. The minimum Gasteiger partial charge on any atom is -0.318 e. The number of fused-ring (bicyclic) bond motifs is 1. The number of hydrogen-bond donors (Lipinski definition) is 1. The van der Waals surface area contributed by atoms with Crippen LogP contribution in [0.3, 0.4) is 0 Å². The Kier molecular flexibility index (Phi) is 2.53. The second kappa shape index (κ2) is 3.96. The summed E-state index contributed by atoms with van der Waals surface area (Å²) in [7, 11) is 0. The first-order chi connectivity index (χ1) is 8.59. The maximum Gasteiger partial charge on any atom is 0.0671 e. The van der Waals surface area contributed by atoms with Gasteiger partial charge in [0.25, 0.3) is 0 Å². The van der Waals surface area contributed by atoms with E-state index < -0.39 is 0 Å². The molecule has 1 aliphatic carbocycles. The molecule has 18 heavy (non-hydrogen) atoms. The molecule has 3 rings (SSSR count). The number of rotatable bonds is 1. The Bertz CT molecular complexity index is 580. The van der Waals surface area contributed by atoms with Gasteiger partial charge in [-0.2, -0.15) is 0 Å². The Morgan fingerprint density at radius 2 is 1.67 bits per heavy atom. The first-order valence-corrected chi connectivity index (χ1v) is 6.56. The van der Waals surface area contributed by atoms with Gasteiger partial charge < -0.3 is 5.73 Å². The van der Waals surface area contributed by atoms with E-state index >= 15 is 0 Å². The third kappa shape index (κ3) is 1.67. The van der Waals surface area contributed by atoms with Crippen molar-refractivity contribution in [1.29, 1.82) is 0 Å². The van der Waals surface area contributed by atoms with Gasteiger partial charge in [0.1, 0.15) is 0 Å². The van der Waals surface area contributed by atoms with Gasteiger partial charge in [-0.3, -0.25) is 0 Å². The van der Waals surface area contributed by atoms with Crippen molar-refractivity contribution in [3.63, 3.8) is 0 Å². The van der Waals surface area contributed by atoms with Crippen molar-refractivity contribution in [1.82, 2.24) is 0 Å². The van der Waals surface area contributed by atoms with Crippen LogP contribution in [0.15, 0.2) is 42.5 Å². The highest BCUT2D eigenvalue weighted by Crippen LogP contribution is 2.40. The second-order valence-corrected chi connectivity index (χ2v) is 5.50. The Morgan fingerprint density at radius 1 is 1.00 bits per heavy atom. The minimum absolute atomic E-state index is 0.298. The standard InChI is InChI=1S/C17H19N/c1-12-9-13(2)11-15(10-12)17(18)8-7-14-5-3-4-6-16(14)17/h3-6,9-11H,7-8,18H2,1-2H3. The summed E-state index contributed by atoms with van der Waals surface area (Å²) >= 11 is 0. The Balaban J connectivity index is 2.17. The molecular weight excluding hydrogens is 218 g/mol. The van der Waals surface area contributed by atoms with Gasteiger partial charge >= 0.3 is 0 Å². The lowest BCUT2D eigenvalue weighted by atomic mass is 9.84. The molecule has 1 nitrogen and oxygen atoms in total. The van der Waals surface area contributed by atoms with E-state index in [0.717, 1.165) is 12.8 Å². The van der Waals surface area contributed by atoms with Gasteiger partial charge in [0.05, 0.1) is 5.54 Å². The molecule has 0 aliphatic heterocycles. The van der Waals surface area contributed by atoms with Crippen molar-refractivity contribution in [2.45, 2.75) is 32.2 Å². The lowest BCUT2D eigenvalue weighted by Gasteiger charge is -2.27. The summed E-state index contributed by atoms with van der Waals surface area (Å²) in [5, 5.41) is 0. The lowest BCUT2D eigenvalue weighted by molar-refractivity contribution is 0.534. The van der Waals surface area contributed by atoms with Gasteiger partial charge in [-0.1, -0.05) is 53.6 Å². The van der Waals surface area contributed by atoms with Gasteiger partial charge in [0.15, 0.2) is 0 Å². The van der Waals surface area contributed by atoms with Gasteiger partial charge in [-0.05, 0) is 43.4 Å². The van der Waals surface area contributed by atoms with Crippen LogP contribution in [0.25, 0.3) is 0 Å². The normalized spacial score (nSPS) is 21.9. The summed E-state index contributed by atoms with van der Waals surface area (Å²) in [5.41, 5.74) is 13.0. The van der Waals surface area contributed by atoms with Crippen molar-refractivity contribution < 1.29 is 0 Å². The average Bonchev–Trinajstić information content (AvgIpc) is 2.68. The smallest absolute Gasteiger partial charge is 0.0671 e. The molecule has 0 heterocycles. The molecule has 0 aromatic heterocycles. The van der Waals surface area contributed by atoms with E-state index in [2.05, 4.69) is 56.3 Å². The predicted molar refractivity (Wildman–Crippen MR) is 75.6 cm³/mol. The van der Waals surface area contributed by atoms with Crippen LogP contribution in [0.4, 0.5) is 0 Å². The van der Waals surface area contributed by atoms with E-state index in [-0.39, 0.29) is 5.54 Å². The largest absolute Gasteiger partial charge is 0.318 e. The van der Waals surface area contributed by atoms with Crippen LogP contribution in [0.2, 0.25) is 0 Å². The fourth-order valence-corrected chi connectivity index (χ4v) is 3.17. The van der Waals surface area contributed by atoms with Crippen LogP contribution < -0.4 is 5.73 Å². The quantitative estimate of drug-likeness (QED) is 0.807. The SMILES string of the molecule is Cc1cc(C)cc(C2(N)CCc3ccccc32)c1. The number of benzene rings is 2. The van der Waals surface area contributed by atoms with E-state index in [1.165, 1.54) is 27.8 Å². The minimum atomic E-state index is -0.298. The highest BCUT2D eigenvalue weighted by Gasteiger charge is 2.36. The zero-order chi connectivity index (χ0) is 12.8. The molecule has 0 radical (unpaired) electrons. The maximum atomic E-state index is 6.73. The van der Waals surface area contributed by atoms with Crippen LogP contribution in [-0.4, -0.2) is 0 Å². The zero-order valence-electron chi connectivity index (χ0n) is 11.0. The molecule has 0 fully saturated rings. The molecule has 0 saturated heterocycles. The molecule has 1 unspecified atom stereocenters. The van der Waals surface area contributed by atoms with E-state index in [9.17, 15) is 0 Å². The molecule has 0 saturated carbocycles. The van der Waals surface area contributed by atoms with Gasteiger partial charge in [-0.25, -0.2) is 0 Å². The van der Waals surface area contributed by atoms with Crippen LogP contribution in [-0.2, 0) is 12.0 Å². The van der Waals surface area contributed by atoms with Crippen molar-refractivity contribution >= 4 is 0 Å². The summed E-state index contributed by atoms with van der Waals surface area (Å²) in [6, 6.07) is 15.2. The van der Waals surface area contributed by atoms with Crippen molar-refractivity contribution in [2.24, 2.45) is 5.73 Å². The summed E-state index contributed by atoms with van der Waals surface area (Å²) in [4.78, 5) is 0. The maximum absolute atomic E-state index is 6.73. The first-order valence-electron chi connectivity index (χ1n) is 6.56. The Labute approximate surface area is 109 Å². The molecule has 92 valence electrons. The average molecular weight is 237 g/mol. The molecule has 2 aromatic carbocycles. The molecule has 1 heteroatoms. The van der Waals surface area contributed by atoms with Crippen LogP contribution in [0, 0.1) is 13.8 Å². The Morgan fingerprint density at radius 3 is 2.39 bits per heavy atom. The fourth-order valence-electron chi connectivity index (χ4n) is 3.17. The Hall–Kier alpha value is -1.60. The molecule has 0 amide bonds. The first kappa shape index (κ1) is 11.5. The molecule has 2 N–H and O–H groups in total. The highest BCUT2D eigenvalue weighted by molar-refractivity contribution is 5.48. The van der Waals surface area contributed by atoms with E-state index in [1.807, 2.05) is 0 Å². The topological polar surface area (TPSA) is 26.0 Å². The van der Waals surface area contributed by atoms with Crippen LogP contribution in [0.5, 0.6) is 0 Å². The fraction of sp³-hybridized carbons (Fsp3) is 0.294. The van der Waals surface area contributed by atoms with Crippen molar-refractivity contribution in [3.05, 3.63) is 70.3 Å². The second-order valence-electron chi connectivity index (χ2n) is 5.50. The molecule has 2 aromatic rings. The number of nitrogens with two attached hydrogens (primary N) is 1. The molecule has 1 aliphatic rings. The highest BCUT2D eigenvalue weighted by atomic mass is 14.8. The molecule has 0 spiro atoms. The van der Waals surface area contributed by atoms with Gasteiger partial charge in [0.2, 0.25) is 0 Å². The monoisotopic (exact) mass is 237 g/mol. The van der Waals surface area contributed by atoms with Gasteiger partial charge in [0, 0.05) is 0 Å². The molecule has 1 atom stereocenters. The predicted octanol–water partition coefficient (Wildman–Crippen LogP) is 3.45. The zero-order valence-corrected chi connectivity index (χ0v) is 11.0. The molecule has 0 bridgehead atoms. The lowest BCUT2D eigenvalue weighted by Crippen LogP contribution is -2.35. The summed E-state index contributed by atoms with van der Waals surface area (Å²) in [6.07, 6.45) is 2.09. The van der Waals surface area contributed by atoms with Gasteiger partial charge in [-0.15, -0.1) is 0 Å². The van der Waals surface area contributed by atoms with Crippen LogP contribution in [0.1, 0.15) is 34.2 Å². The van der Waals surface area contributed by atoms with Crippen LogP contribution >= 0.6 is 0 Å². The van der Waals surface area contributed by atoms with E-state index in [0.29, 0.717) is 0 Å². The van der Waals surface area contributed by atoms with Crippen molar-refractivity contribution in [3.8, 4) is 0 Å². The van der Waals surface area contributed by atoms with Crippen molar-refractivity contribution in [2.75, 3.05) is 0 Å². The van der Waals surface area contributed by atoms with E-state index in [4.69, 9.17) is 5.73 Å².